The maximum atomic E-state index is 12.5. The zero-order valence-corrected chi connectivity index (χ0v) is 19.1. The van der Waals surface area contributed by atoms with Crippen molar-refractivity contribution in [3.8, 4) is 11.5 Å². The van der Waals surface area contributed by atoms with Crippen LogP contribution in [-0.2, 0) is 21.4 Å². The fourth-order valence-electron chi connectivity index (χ4n) is 2.90. The number of carbonyl (C=O) groups is 1. The highest BCUT2D eigenvalue weighted by molar-refractivity contribution is 7.92. The molecule has 0 atom stereocenters. The third-order valence-electron chi connectivity index (χ3n) is 4.80. The molecule has 0 spiro atoms. The highest BCUT2D eigenvalue weighted by Crippen LogP contribution is 2.20. The van der Waals surface area contributed by atoms with E-state index in [4.69, 9.17) is 9.47 Å². The van der Waals surface area contributed by atoms with Crippen molar-refractivity contribution in [2.75, 3.05) is 25.5 Å². The molecule has 1 N–H and O–H groups in total. The largest absolute Gasteiger partial charge is 0.497 e. The van der Waals surface area contributed by atoms with Gasteiger partial charge in [-0.2, -0.15) is 0 Å². The second kappa shape index (κ2) is 10.2. The van der Waals surface area contributed by atoms with Crippen molar-refractivity contribution in [3.05, 3.63) is 83.9 Å². The van der Waals surface area contributed by atoms with Crippen LogP contribution in [0.15, 0.2) is 77.7 Å². The van der Waals surface area contributed by atoms with E-state index in [2.05, 4.69) is 4.72 Å². The van der Waals surface area contributed by atoms with Gasteiger partial charge in [0, 0.05) is 19.3 Å². The summed E-state index contributed by atoms with van der Waals surface area (Å²) in [5.41, 5.74) is 2.50. The molecular weight excluding hydrogens is 428 g/mol. The van der Waals surface area contributed by atoms with E-state index in [0.717, 1.165) is 16.9 Å². The van der Waals surface area contributed by atoms with Gasteiger partial charge in [-0.15, -0.1) is 0 Å². The fourth-order valence-corrected chi connectivity index (χ4v) is 3.96. The predicted octanol–water partition coefficient (Wildman–Crippen LogP) is 3.84. The molecule has 7 nitrogen and oxygen atoms in total. The van der Waals surface area contributed by atoms with E-state index in [9.17, 15) is 13.2 Å². The molecule has 0 aliphatic heterocycles. The van der Waals surface area contributed by atoms with E-state index in [1.54, 1.807) is 31.2 Å². The molecule has 0 saturated heterocycles. The maximum absolute atomic E-state index is 12.5. The molecule has 0 heterocycles. The van der Waals surface area contributed by atoms with Gasteiger partial charge in [-0.05, 0) is 61.0 Å². The molecule has 0 unspecified atom stereocenters. The zero-order valence-electron chi connectivity index (χ0n) is 18.2. The van der Waals surface area contributed by atoms with Gasteiger partial charge in [0.2, 0.25) is 0 Å². The summed E-state index contributed by atoms with van der Waals surface area (Å²) in [6.07, 6.45) is 0. The number of nitrogens with one attached hydrogen (secondary N) is 1. The number of anilines is 1. The van der Waals surface area contributed by atoms with Gasteiger partial charge >= 0.3 is 0 Å². The zero-order chi connectivity index (χ0) is 23.1. The Morgan fingerprint density at radius 1 is 0.906 bits per heavy atom. The third-order valence-corrected chi connectivity index (χ3v) is 6.20. The number of sulfonamides is 1. The minimum Gasteiger partial charge on any atom is -0.497 e. The van der Waals surface area contributed by atoms with Crippen molar-refractivity contribution in [3.63, 3.8) is 0 Å². The molecule has 3 aromatic rings. The number of hydrogen-bond donors (Lipinski definition) is 1. The van der Waals surface area contributed by atoms with E-state index >= 15 is 0 Å². The molecule has 1 amide bonds. The van der Waals surface area contributed by atoms with Crippen LogP contribution in [0.5, 0.6) is 11.5 Å². The Hall–Kier alpha value is -3.52. The third kappa shape index (κ3) is 6.24. The Bertz CT molecular complexity index is 1140. The normalized spacial score (nSPS) is 11.0. The van der Waals surface area contributed by atoms with Gasteiger partial charge in [0.15, 0.2) is 6.61 Å². The number of amides is 1. The topological polar surface area (TPSA) is 84.9 Å². The Kier molecular flexibility index (Phi) is 7.37. The van der Waals surface area contributed by atoms with Crippen LogP contribution in [0.25, 0.3) is 0 Å². The lowest BCUT2D eigenvalue weighted by Crippen LogP contribution is -2.30. The molecule has 0 radical (unpaired) electrons. The molecule has 3 rings (SSSR count). The highest BCUT2D eigenvalue weighted by Gasteiger charge is 2.15. The van der Waals surface area contributed by atoms with Crippen molar-refractivity contribution in [1.29, 1.82) is 0 Å². The first-order valence-corrected chi connectivity index (χ1v) is 11.4. The summed E-state index contributed by atoms with van der Waals surface area (Å²) in [5.74, 6) is 0.967. The molecular formula is C24H26N2O5S. The van der Waals surface area contributed by atoms with Crippen LogP contribution in [0.3, 0.4) is 0 Å². The lowest BCUT2D eigenvalue weighted by molar-refractivity contribution is -0.132. The number of carbonyl (C=O) groups excluding carboxylic acids is 1. The number of rotatable bonds is 9. The van der Waals surface area contributed by atoms with Crippen LogP contribution < -0.4 is 14.2 Å². The molecule has 0 aromatic heterocycles. The van der Waals surface area contributed by atoms with Crippen molar-refractivity contribution in [1.82, 2.24) is 4.90 Å². The molecule has 3 aromatic carbocycles. The van der Waals surface area contributed by atoms with Crippen molar-refractivity contribution >= 4 is 21.6 Å². The summed E-state index contributed by atoms with van der Waals surface area (Å²) in [6.45, 7) is 2.22. The molecule has 0 fully saturated rings. The van der Waals surface area contributed by atoms with E-state index in [-0.39, 0.29) is 17.4 Å². The summed E-state index contributed by atoms with van der Waals surface area (Å²) in [6, 6.07) is 20.5. The first-order valence-electron chi connectivity index (χ1n) is 9.96. The van der Waals surface area contributed by atoms with E-state index in [0.29, 0.717) is 18.0 Å². The van der Waals surface area contributed by atoms with Gasteiger partial charge in [0.1, 0.15) is 11.5 Å². The number of likely N-dealkylation sites (N-methyl/N-ethyl adjacent to an activating group) is 1. The van der Waals surface area contributed by atoms with E-state index in [1.807, 2.05) is 43.3 Å². The van der Waals surface area contributed by atoms with Gasteiger partial charge in [-0.25, -0.2) is 8.42 Å². The number of hydrogen-bond acceptors (Lipinski definition) is 5. The molecule has 8 heteroatoms. The van der Waals surface area contributed by atoms with Gasteiger partial charge in [-0.3, -0.25) is 9.52 Å². The fraction of sp³-hybridized carbons (Fsp3) is 0.208. The first kappa shape index (κ1) is 23.1. The van der Waals surface area contributed by atoms with E-state index < -0.39 is 10.0 Å². The first-order chi connectivity index (χ1) is 15.3. The SMILES string of the molecule is COc1ccc(CN(C)C(=O)COc2ccc(S(=O)(=O)Nc3ccc(C)cc3)cc2)cc1. The maximum Gasteiger partial charge on any atom is 0.261 e. The second-order valence-corrected chi connectivity index (χ2v) is 9.01. The van der Waals surface area contributed by atoms with Crippen LogP contribution >= 0.6 is 0 Å². The Labute approximate surface area is 188 Å². The van der Waals surface area contributed by atoms with Gasteiger partial charge in [0.25, 0.3) is 15.9 Å². The molecule has 0 bridgehead atoms. The smallest absolute Gasteiger partial charge is 0.261 e. The molecule has 32 heavy (non-hydrogen) atoms. The molecule has 0 aliphatic carbocycles. The van der Waals surface area contributed by atoms with Crippen LogP contribution in [0.1, 0.15) is 11.1 Å². The lowest BCUT2D eigenvalue weighted by atomic mass is 10.2. The van der Waals surface area contributed by atoms with E-state index in [1.165, 1.54) is 24.3 Å². The minimum atomic E-state index is -3.72. The number of aryl methyl sites for hydroxylation is 1. The summed E-state index contributed by atoms with van der Waals surface area (Å²) >= 11 is 0. The predicted molar refractivity (Wildman–Crippen MR) is 123 cm³/mol. The number of nitrogens with zero attached hydrogens (tertiary/aromatic N) is 1. The quantitative estimate of drug-likeness (QED) is 0.531. The summed E-state index contributed by atoms with van der Waals surface area (Å²) in [5, 5.41) is 0. The molecule has 168 valence electrons. The Balaban J connectivity index is 1.54. The average Bonchev–Trinajstić information content (AvgIpc) is 2.79. The standard InChI is InChI=1S/C24H26N2O5S/c1-18-4-8-20(9-5-18)25-32(28,29)23-14-12-22(13-15-23)31-17-24(27)26(2)16-19-6-10-21(30-3)11-7-19/h4-15,25H,16-17H2,1-3H3. The average molecular weight is 455 g/mol. The Morgan fingerprint density at radius 3 is 2.09 bits per heavy atom. The van der Waals surface area contributed by atoms with Gasteiger partial charge < -0.3 is 14.4 Å². The minimum absolute atomic E-state index is 0.105. The highest BCUT2D eigenvalue weighted by atomic mass is 32.2. The Morgan fingerprint density at radius 2 is 1.50 bits per heavy atom. The summed E-state index contributed by atoms with van der Waals surface area (Å²) in [7, 11) is -0.419. The van der Waals surface area contributed by atoms with Gasteiger partial charge in [-0.1, -0.05) is 29.8 Å². The summed E-state index contributed by atoms with van der Waals surface area (Å²) in [4.78, 5) is 14.0. The van der Waals surface area contributed by atoms with Crippen molar-refractivity contribution in [2.24, 2.45) is 0 Å². The molecule has 0 saturated carbocycles. The number of methoxy groups -OCH3 is 1. The van der Waals surface area contributed by atoms with Crippen LogP contribution in [0.2, 0.25) is 0 Å². The summed E-state index contributed by atoms with van der Waals surface area (Å²) < 4.78 is 38.3. The van der Waals surface area contributed by atoms with Crippen LogP contribution in [0.4, 0.5) is 5.69 Å². The number of benzene rings is 3. The van der Waals surface area contributed by atoms with Crippen LogP contribution in [-0.4, -0.2) is 40.0 Å². The monoisotopic (exact) mass is 454 g/mol. The second-order valence-electron chi connectivity index (χ2n) is 7.33. The lowest BCUT2D eigenvalue weighted by Gasteiger charge is -2.18. The van der Waals surface area contributed by atoms with Crippen LogP contribution in [0, 0.1) is 6.92 Å². The molecule has 0 aliphatic rings. The van der Waals surface area contributed by atoms with Crippen molar-refractivity contribution in [2.45, 2.75) is 18.4 Å². The number of ether oxygens (including phenoxy) is 2. The van der Waals surface area contributed by atoms with Crippen molar-refractivity contribution < 1.29 is 22.7 Å². The van der Waals surface area contributed by atoms with Gasteiger partial charge in [0.05, 0.1) is 12.0 Å².